The first kappa shape index (κ1) is 23.3. The molecule has 170 valence electrons. The number of imide groups is 1. The maximum Gasteiger partial charge on any atom is 0.418 e. The fourth-order valence-corrected chi connectivity index (χ4v) is 4.11. The van der Waals surface area contributed by atoms with Gasteiger partial charge in [-0.2, -0.15) is 0 Å². The minimum absolute atomic E-state index is 0.132. The number of nitrogens with zero attached hydrogens (tertiary/aromatic N) is 1. The van der Waals surface area contributed by atoms with Crippen LogP contribution in [0, 0.1) is 5.92 Å². The summed E-state index contributed by atoms with van der Waals surface area (Å²) in [6.45, 7) is 8.69. The maximum atomic E-state index is 13.1. The van der Waals surface area contributed by atoms with E-state index in [1.165, 1.54) is 0 Å². The fourth-order valence-electron chi connectivity index (χ4n) is 4.11. The van der Waals surface area contributed by atoms with Crippen molar-refractivity contribution in [1.82, 2.24) is 10.2 Å². The number of hydrogen-bond acceptors (Lipinski definition) is 5. The van der Waals surface area contributed by atoms with Crippen molar-refractivity contribution in [2.75, 3.05) is 6.54 Å². The number of ether oxygens (including phenoxy) is 2. The average Bonchev–Trinajstić information content (AvgIpc) is 3.06. The van der Waals surface area contributed by atoms with Gasteiger partial charge < -0.3 is 14.8 Å². The zero-order valence-electron chi connectivity index (χ0n) is 19.1. The molecule has 0 saturated carbocycles. The Morgan fingerprint density at radius 1 is 1.03 bits per heavy atom. The van der Waals surface area contributed by atoms with Gasteiger partial charge in [-0.25, -0.2) is 14.5 Å². The van der Waals surface area contributed by atoms with E-state index < -0.39 is 35.3 Å². The highest BCUT2D eigenvalue weighted by molar-refractivity contribution is 5.96. The normalized spacial score (nSPS) is 17.8. The molecule has 2 aromatic carbocycles. The zero-order chi connectivity index (χ0) is 23.5. The van der Waals surface area contributed by atoms with E-state index >= 15 is 0 Å². The van der Waals surface area contributed by atoms with E-state index in [0.717, 1.165) is 16.0 Å². The molecule has 2 aromatic rings. The molecule has 1 saturated heterocycles. The Labute approximate surface area is 188 Å². The molecule has 1 atom stereocenters. The molecule has 0 bridgehead atoms. The van der Waals surface area contributed by atoms with Gasteiger partial charge in [0.2, 0.25) is 0 Å². The zero-order valence-corrected chi connectivity index (χ0v) is 19.1. The summed E-state index contributed by atoms with van der Waals surface area (Å²) in [7, 11) is 0. The quantitative estimate of drug-likeness (QED) is 0.745. The molecule has 1 aliphatic heterocycles. The molecule has 3 rings (SSSR count). The molecule has 3 amide bonds. The van der Waals surface area contributed by atoms with Crippen LogP contribution in [0.4, 0.5) is 9.59 Å². The van der Waals surface area contributed by atoms with Crippen LogP contribution in [0.5, 0.6) is 0 Å². The van der Waals surface area contributed by atoms with Crippen LogP contribution in [-0.4, -0.2) is 41.2 Å². The number of rotatable bonds is 5. The summed E-state index contributed by atoms with van der Waals surface area (Å²) in [5, 5.41) is 2.44. The topological polar surface area (TPSA) is 84.9 Å². The lowest BCUT2D eigenvalue weighted by atomic mass is 9.75. The molecule has 0 aliphatic carbocycles. The third-order valence-electron chi connectivity index (χ3n) is 5.23. The Morgan fingerprint density at radius 3 is 1.97 bits per heavy atom. The number of nitrogens with one attached hydrogen (secondary N) is 1. The summed E-state index contributed by atoms with van der Waals surface area (Å²) in [6, 6.07) is 18.2. The van der Waals surface area contributed by atoms with Crippen LogP contribution in [0.25, 0.3) is 0 Å². The monoisotopic (exact) mass is 438 g/mol. The second kappa shape index (κ2) is 9.02. The van der Waals surface area contributed by atoms with Crippen LogP contribution in [0.15, 0.2) is 60.7 Å². The largest absolute Gasteiger partial charge is 0.444 e. The average molecular weight is 439 g/mol. The summed E-state index contributed by atoms with van der Waals surface area (Å²) in [5.74, 6) is -0.694. The van der Waals surface area contributed by atoms with Gasteiger partial charge in [0.15, 0.2) is 5.60 Å². The molecular formula is C25H30N2O5. The Balaban J connectivity index is 1.98. The molecule has 7 heteroatoms. The molecule has 0 spiro atoms. The molecule has 1 aliphatic rings. The molecule has 1 N–H and O–H groups in total. The second-order valence-corrected chi connectivity index (χ2v) is 9.14. The highest BCUT2D eigenvalue weighted by atomic mass is 16.6. The fraction of sp³-hybridized carbons (Fsp3) is 0.400. The third-order valence-corrected chi connectivity index (χ3v) is 5.23. The Kier molecular flexibility index (Phi) is 6.57. The van der Waals surface area contributed by atoms with Crippen molar-refractivity contribution in [2.45, 2.75) is 51.9 Å². The smallest absolute Gasteiger partial charge is 0.418 e. The summed E-state index contributed by atoms with van der Waals surface area (Å²) in [6.07, 6.45) is -1.47. The van der Waals surface area contributed by atoms with E-state index in [9.17, 15) is 14.4 Å². The molecule has 32 heavy (non-hydrogen) atoms. The minimum Gasteiger partial charge on any atom is -0.444 e. The number of hydrogen-bond donors (Lipinski definition) is 1. The van der Waals surface area contributed by atoms with Crippen molar-refractivity contribution >= 4 is 18.1 Å². The first-order valence-corrected chi connectivity index (χ1v) is 10.7. The predicted octanol–water partition coefficient (Wildman–Crippen LogP) is 4.46. The third kappa shape index (κ3) is 4.61. The Bertz CT molecular complexity index is 927. The number of cyclic esters (lactones) is 1. The van der Waals surface area contributed by atoms with Crippen molar-refractivity contribution < 1.29 is 23.9 Å². The SMILES string of the molecule is CC(C)C1N(C(=O)CNC(=O)OC(C)(C)C)C(=O)OC1(c1ccccc1)c1ccccc1. The number of carbonyl (C=O) groups is 3. The lowest BCUT2D eigenvalue weighted by Crippen LogP contribution is -2.52. The summed E-state index contributed by atoms with van der Waals surface area (Å²) >= 11 is 0. The maximum absolute atomic E-state index is 13.1. The Hall–Kier alpha value is -3.35. The molecule has 0 radical (unpaired) electrons. The van der Waals surface area contributed by atoms with Gasteiger partial charge in [0.05, 0.1) is 6.04 Å². The molecule has 7 nitrogen and oxygen atoms in total. The summed E-state index contributed by atoms with van der Waals surface area (Å²) in [4.78, 5) is 39.4. The number of alkyl carbamates (subject to hydrolysis) is 1. The molecule has 1 unspecified atom stereocenters. The standard InChI is InChI=1S/C25H30N2O5/c1-17(2)21-25(18-12-8-6-9-13-18,19-14-10-7-11-15-19)32-23(30)27(21)20(28)16-26-22(29)31-24(3,4)5/h6-15,17,21H,16H2,1-5H3,(H,26,29). The van der Waals surface area contributed by atoms with Crippen molar-refractivity contribution in [3.8, 4) is 0 Å². The molecule has 1 heterocycles. The van der Waals surface area contributed by atoms with Gasteiger partial charge in [-0.3, -0.25) is 4.79 Å². The number of amides is 3. The molecule has 0 aromatic heterocycles. The van der Waals surface area contributed by atoms with E-state index in [1.807, 2.05) is 74.5 Å². The van der Waals surface area contributed by atoms with Crippen LogP contribution in [0.2, 0.25) is 0 Å². The van der Waals surface area contributed by atoms with E-state index in [4.69, 9.17) is 9.47 Å². The molecule has 1 fully saturated rings. The number of carbonyl (C=O) groups excluding carboxylic acids is 3. The number of benzene rings is 2. The van der Waals surface area contributed by atoms with Gasteiger partial charge in [0.25, 0.3) is 5.91 Å². The van der Waals surface area contributed by atoms with Crippen molar-refractivity contribution in [1.29, 1.82) is 0 Å². The van der Waals surface area contributed by atoms with Gasteiger partial charge in [0, 0.05) is 11.1 Å². The van der Waals surface area contributed by atoms with Gasteiger partial charge in [-0.15, -0.1) is 0 Å². The first-order valence-electron chi connectivity index (χ1n) is 10.7. The van der Waals surface area contributed by atoms with E-state index in [1.54, 1.807) is 20.8 Å². The van der Waals surface area contributed by atoms with E-state index in [2.05, 4.69) is 5.32 Å². The van der Waals surface area contributed by atoms with Crippen LogP contribution in [0.1, 0.15) is 45.7 Å². The van der Waals surface area contributed by atoms with Gasteiger partial charge in [-0.1, -0.05) is 74.5 Å². The predicted molar refractivity (Wildman–Crippen MR) is 120 cm³/mol. The second-order valence-electron chi connectivity index (χ2n) is 9.14. The van der Waals surface area contributed by atoms with Crippen molar-refractivity contribution in [3.63, 3.8) is 0 Å². The van der Waals surface area contributed by atoms with Gasteiger partial charge >= 0.3 is 12.2 Å². The Morgan fingerprint density at radius 2 is 1.53 bits per heavy atom. The lowest BCUT2D eigenvalue weighted by Gasteiger charge is -2.37. The highest BCUT2D eigenvalue weighted by Crippen LogP contribution is 2.47. The van der Waals surface area contributed by atoms with Crippen molar-refractivity contribution in [2.24, 2.45) is 5.92 Å². The van der Waals surface area contributed by atoms with Gasteiger partial charge in [-0.05, 0) is 26.7 Å². The molecular weight excluding hydrogens is 408 g/mol. The van der Waals surface area contributed by atoms with Crippen molar-refractivity contribution in [3.05, 3.63) is 71.8 Å². The van der Waals surface area contributed by atoms with Crippen LogP contribution in [-0.2, 0) is 19.9 Å². The van der Waals surface area contributed by atoms with Crippen LogP contribution >= 0.6 is 0 Å². The highest BCUT2D eigenvalue weighted by Gasteiger charge is 2.59. The minimum atomic E-state index is -1.17. The van der Waals surface area contributed by atoms with Crippen LogP contribution in [0.3, 0.4) is 0 Å². The summed E-state index contributed by atoms with van der Waals surface area (Å²) in [5.41, 5.74) is -0.326. The van der Waals surface area contributed by atoms with Crippen LogP contribution < -0.4 is 5.32 Å². The van der Waals surface area contributed by atoms with E-state index in [-0.39, 0.29) is 12.5 Å². The first-order chi connectivity index (χ1) is 15.1. The van der Waals surface area contributed by atoms with E-state index in [0.29, 0.717) is 0 Å². The summed E-state index contributed by atoms with van der Waals surface area (Å²) < 4.78 is 11.2. The lowest BCUT2D eigenvalue weighted by molar-refractivity contribution is -0.129. The van der Waals surface area contributed by atoms with Gasteiger partial charge in [0.1, 0.15) is 12.1 Å².